The highest BCUT2D eigenvalue weighted by Crippen LogP contribution is 2.19. The first-order valence-corrected chi connectivity index (χ1v) is 16.9. The van der Waals surface area contributed by atoms with E-state index in [0.717, 1.165) is 32.1 Å². The van der Waals surface area contributed by atoms with E-state index in [0.29, 0.717) is 37.9 Å². The molecule has 1 aromatic carbocycles. The second kappa shape index (κ2) is 20.2. The number of aliphatic imine (C=N–C) groups is 1. The van der Waals surface area contributed by atoms with Crippen molar-refractivity contribution in [1.29, 1.82) is 0 Å². The van der Waals surface area contributed by atoms with Crippen molar-refractivity contribution in [3.05, 3.63) is 35.9 Å². The molecule has 0 unspecified atom stereocenters. The summed E-state index contributed by atoms with van der Waals surface area (Å²) < 4.78 is 0. The number of hydrogen-bond acceptors (Lipinski definition) is 6. The summed E-state index contributed by atoms with van der Waals surface area (Å²) in [5.74, 6) is -2.21. The van der Waals surface area contributed by atoms with Crippen molar-refractivity contribution in [2.24, 2.45) is 16.6 Å². The van der Waals surface area contributed by atoms with E-state index in [1.165, 1.54) is 0 Å². The summed E-state index contributed by atoms with van der Waals surface area (Å²) in [5.41, 5.74) is 5.12. The molecule has 1 heterocycles. The van der Waals surface area contributed by atoms with Crippen LogP contribution in [-0.2, 0) is 24.0 Å². The number of guanidine groups is 1. The van der Waals surface area contributed by atoms with Gasteiger partial charge in [-0.05, 0) is 44.6 Å². The van der Waals surface area contributed by atoms with Gasteiger partial charge < -0.3 is 37.6 Å². The molecule has 0 radical (unpaired) electrons. The van der Waals surface area contributed by atoms with E-state index in [1.54, 1.807) is 59.0 Å². The molecule has 5 amide bonds. The largest absolute Gasteiger partial charge is 0.370 e. The Kier molecular flexibility index (Phi) is 16.7. The standard InChI is InChI=1S/C34H56N8O5/c1-6-25-29(44)41-27(24-17-12-11-13-18-24)31(46)37-21-15-10-8-7-9-14-20-34(4,42-28(43)23(2)3)32(47)40-26(30(45)39-25)19-16-22-38-33(35)36-5/h11-13,17-18,23,25-27H,6-10,14-16,19-22H2,1-5H3,(H,37,46)(H,39,45)(H,40,47)(H,41,44)(H,42,43)(H3,35,36,38)/t25-,26-,27+,34+/m0/s1. The fraction of sp³-hybridized carbons (Fsp3) is 0.647. The van der Waals surface area contributed by atoms with Gasteiger partial charge in [0.15, 0.2) is 5.96 Å². The third-order valence-corrected chi connectivity index (χ3v) is 8.39. The molecule has 0 aromatic heterocycles. The summed E-state index contributed by atoms with van der Waals surface area (Å²) in [6.45, 7) is 7.84. The van der Waals surface area contributed by atoms with Crippen molar-refractivity contribution >= 4 is 35.5 Å². The van der Waals surface area contributed by atoms with Crippen LogP contribution in [0.25, 0.3) is 0 Å². The summed E-state index contributed by atoms with van der Waals surface area (Å²) in [6.07, 6.45) is 6.48. The molecule has 262 valence electrons. The summed E-state index contributed by atoms with van der Waals surface area (Å²) >= 11 is 0. The molecule has 1 aliphatic heterocycles. The van der Waals surface area contributed by atoms with Crippen molar-refractivity contribution in [1.82, 2.24) is 31.9 Å². The normalized spacial score (nSPS) is 24.7. The molecule has 0 saturated carbocycles. The molecule has 2 rings (SSSR count). The number of carbonyl (C=O) groups excluding carboxylic acids is 5. The molecular weight excluding hydrogens is 600 g/mol. The second-order valence-corrected chi connectivity index (χ2v) is 12.7. The molecule has 1 aromatic rings. The zero-order chi connectivity index (χ0) is 34.8. The summed E-state index contributed by atoms with van der Waals surface area (Å²) in [5, 5.41) is 17.3. The first-order chi connectivity index (χ1) is 22.4. The van der Waals surface area contributed by atoms with Gasteiger partial charge >= 0.3 is 0 Å². The van der Waals surface area contributed by atoms with Crippen LogP contribution in [0.3, 0.4) is 0 Å². The van der Waals surface area contributed by atoms with Crippen molar-refractivity contribution < 1.29 is 24.0 Å². The van der Waals surface area contributed by atoms with Crippen molar-refractivity contribution in [2.45, 2.75) is 116 Å². The van der Waals surface area contributed by atoms with Crippen LogP contribution in [0.1, 0.15) is 104 Å². The van der Waals surface area contributed by atoms with Crippen LogP contribution in [-0.4, -0.2) is 73.3 Å². The quantitative estimate of drug-likeness (QED) is 0.126. The van der Waals surface area contributed by atoms with Crippen LogP contribution >= 0.6 is 0 Å². The van der Waals surface area contributed by atoms with Gasteiger partial charge in [0.25, 0.3) is 0 Å². The maximum Gasteiger partial charge on any atom is 0.247 e. The van der Waals surface area contributed by atoms with Crippen LogP contribution in [0.15, 0.2) is 35.3 Å². The predicted octanol–water partition coefficient (Wildman–Crippen LogP) is 1.93. The average Bonchev–Trinajstić information content (AvgIpc) is 3.05. The zero-order valence-corrected chi connectivity index (χ0v) is 28.7. The van der Waals surface area contributed by atoms with Gasteiger partial charge in [-0.2, -0.15) is 0 Å². The highest BCUT2D eigenvalue weighted by atomic mass is 16.2. The van der Waals surface area contributed by atoms with Crippen LogP contribution in [0.2, 0.25) is 0 Å². The number of nitrogens with zero attached hydrogens (tertiary/aromatic N) is 1. The Bertz CT molecular complexity index is 1210. The molecule has 13 nitrogen and oxygen atoms in total. The van der Waals surface area contributed by atoms with E-state index >= 15 is 0 Å². The average molecular weight is 657 g/mol. The number of nitrogens with one attached hydrogen (secondary N) is 6. The minimum absolute atomic E-state index is 0.225. The van der Waals surface area contributed by atoms with Gasteiger partial charge in [0.1, 0.15) is 23.7 Å². The Morgan fingerprint density at radius 3 is 2.21 bits per heavy atom. The lowest BCUT2D eigenvalue weighted by Gasteiger charge is -2.33. The summed E-state index contributed by atoms with van der Waals surface area (Å²) in [4.78, 5) is 71.1. The van der Waals surface area contributed by atoms with Crippen LogP contribution < -0.4 is 37.6 Å². The smallest absolute Gasteiger partial charge is 0.247 e. The lowest BCUT2D eigenvalue weighted by molar-refractivity contribution is -0.137. The fourth-order valence-electron chi connectivity index (χ4n) is 5.28. The molecule has 4 atom stereocenters. The highest BCUT2D eigenvalue weighted by molar-refractivity contribution is 5.97. The SMILES string of the molecule is CC[C@@H]1NC(=O)[C@H](CCCNC(N)=NC)NC(=O)[C@](C)(NC(=O)C(C)C)CCCCCCCCNC(=O)[C@@H](c2ccccc2)NC1=O. The first-order valence-electron chi connectivity index (χ1n) is 16.9. The Balaban J connectivity index is 2.39. The summed E-state index contributed by atoms with van der Waals surface area (Å²) in [6, 6.07) is 6.03. The topological polar surface area (TPSA) is 196 Å². The molecule has 1 aliphatic rings. The Morgan fingerprint density at radius 2 is 1.57 bits per heavy atom. The number of rotatable bonds is 8. The predicted molar refractivity (Wildman–Crippen MR) is 183 cm³/mol. The maximum absolute atomic E-state index is 13.9. The monoisotopic (exact) mass is 656 g/mol. The first kappa shape index (κ1) is 39.0. The number of carbonyl (C=O) groups is 5. The fourth-order valence-corrected chi connectivity index (χ4v) is 5.28. The molecular formula is C34H56N8O5. The van der Waals surface area contributed by atoms with E-state index < -0.39 is 41.4 Å². The Morgan fingerprint density at radius 1 is 0.936 bits per heavy atom. The van der Waals surface area contributed by atoms with Gasteiger partial charge in [-0.1, -0.05) is 83.2 Å². The minimum atomic E-state index is -1.24. The van der Waals surface area contributed by atoms with Crippen molar-refractivity contribution in [3.8, 4) is 0 Å². The molecule has 1 saturated heterocycles. The van der Waals surface area contributed by atoms with Gasteiger partial charge in [0.2, 0.25) is 29.5 Å². The van der Waals surface area contributed by atoms with E-state index in [9.17, 15) is 24.0 Å². The van der Waals surface area contributed by atoms with Crippen LogP contribution in [0.4, 0.5) is 0 Å². The van der Waals surface area contributed by atoms with E-state index in [1.807, 2.05) is 6.07 Å². The molecule has 0 bridgehead atoms. The van der Waals surface area contributed by atoms with E-state index in [-0.39, 0.29) is 36.5 Å². The molecule has 8 N–H and O–H groups in total. The van der Waals surface area contributed by atoms with Gasteiger partial charge in [-0.3, -0.25) is 29.0 Å². The second-order valence-electron chi connectivity index (χ2n) is 12.7. The number of hydrogen-bond donors (Lipinski definition) is 7. The Hall–Kier alpha value is -4.16. The molecule has 0 spiro atoms. The Labute approximate surface area is 279 Å². The highest BCUT2D eigenvalue weighted by Gasteiger charge is 2.38. The summed E-state index contributed by atoms with van der Waals surface area (Å²) in [7, 11) is 1.55. The van der Waals surface area contributed by atoms with Gasteiger partial charge in [0, 0.05) is 26.1 Å². The van der Waals surface area contributed by atoms with E-state index in [2.05, 4.69) is 36.9 Å². The van der Waals surface area contributed by atoms with Gasteiger partial charge in [0.05, 0.1) is 0 Å². The minimum Gasteiger partial charge on any atom is -0.370 e. The third kappa shape index (κ3) is 13.2. The van der Waals surface area contributed by atoms with Gasteiger partial charge in [-0.25, -0.2) is 0 Å². The maximum atomic E-state index is 13.9. The zero-order valence-electron chi connectivity index (χ0n) is 28.7. The number of nitrogens with two attached hydrogens (primary N) is 1. The lowest BCUT2D eigenvalue weighted by Crippen LogP contribution is -2.62. The van der Waals surface area contributed by atoms with Crippen LogP contribution in [0, 0.1) is 5.92 Å². The van der Waals surface area contributed by atoms with Crippen LogP contribution in [0.5, 0.6) is 0 Å². The third-order valence-electron chi connectivity index (χ3n) is 8.39. The van der Waals surface area contributed by atoms with Gasteiger partial charge in [-0.15, -0.1) is 0 Å². The molecule has 1 fully saturated rings. The number of amides is 5. The molecule has 47 heavy (non-hydrogen) atoms. The lowest BCUT2D eigenvalue weighted by atomic mass is 9.91. The van der Waals surface area contributed by atoms with Crippen molar-refractivity contribution in [3.63, 3.8) is 0 Å². The number of benzene rings is 1. The molecule has 13 heteroatoms. The molecule has 0 aliphatic carbocycles. The van der Waals surface area contributed by atoms with Crippen molar-refractivity contribution in [2.75, 3.05) is 20.1 Å². The van der Waals surface area contributed by atoms with E-state index in [4.69, 9.17) is 5.73 Å².